The zero-order valence-corrected chi connectivity index (χ0v) is 11.4. The lowest BCUT2D eigenvalue weighted by molar-refractivity contribution is -0.138. The van der Waals surface area contributed by atoms with Crippen molar-refractivity contribution in [2.45, 2.75) is 17.4 Å². The fourth-order valence-corrected chi connectivity index (χ4v) is 2.42. The SMILES string of the molecule is FC(F)(F)c1cccnc1CC(Br)c1ccccc1. The second kappa shape index (κ2) is 5.74. The van der Waals surface area contributed by atoms with Gasteiger partial charge in [-0.05, 0) is 17.7 Å². The number of hydrogen-bond donors (Lipinski definition) is 0. The van der Waals surface area contributed by atoms with E-state index in [9.17, 15) is 13.2 Å². The summed E-state index contributed by atoms with van der Waals surface area (Å²) in [5.41, 5.74) is 0.317. The number of benzene rings is 1. The maximum atomic E-state index is 12.8. The molecule has 0 saturated heterocycles. The predicted molar refractivity (Wildman–Crippen MR) is 71.1 cm³/mol. The molecule has 0 amide bonds. The minimum atomic E-state index is -4.37. The molecule has 1 aromatic heterocycles. The van der Waals surface area contributed by atoms with Crippen LogP contribution in [0.1, 0.15) is 21.6 Å². The molecule has 1 heterocycles. The number of nitrogens with zero attached hydrogens (tertiary/aromatic N) is 1. The van der Waals surface area contributed by atoms with Crippen molar-refractivity contribution < 1.29 is 13.2 Å². The number of hydrogen-bond acceptors (Lipinski definition) is 1. The number of aromatic nitrogens is 1. The molecule has 2 aromatic rings. The normalized spacial score (nSPS) is 13.3. The molecule has 0 N–H and O–H groups in total. The molecule has 0 saturated carbocycles. The van der Waals surface area contributed by atoms with Crippen LogP contribution in [0.5, 0.6) is 0 Å². The minimum Gasteiger partial charge on any atom is -0.261 e. The quantitative estimate of drug-likeness (QED) is 0.738. The van der Waals surface area contributed by atoms with Gasteiger partial charge >= 0.3 is 6.18 Å². The molecule has 1 atom stereocenters. The Morgan fingerprint density at radius 2 is 1.74 bits per heavy atom. The van der Waals surface area contributed by atoms with Crippen LogP contribution in [0.3, 0.4) is 0 Å². The largest absolute Gasteiger partial charge is 0.418 e. The van der Waals surface area contributed by atoms with Gasteiger partial charge in [0.1, 0.15) is 0 Å². The van der Waals surface area contributed by atoms with E-state index in [1.807, 2.05) is 30.3 Å². The third-order valence-corrected chi connectivity index (χ3v) is 3.58. The summed E-state index contributed by atoms with van der Waals surface area (Å²) in [5, 5.41) is 0. The fraction of sp³-hybridized carbons (Fsp3) is 0.214. The summed E-state index contributed by atoms with van der Waals surface area (Å²) in [6.07, 6.45) is -2.79. The van der Waals surface area contributed by atoms with Gasteiger partial charge in [-0.25, -0.2) is 0 Å². The number of halogens is 4. The predicted octanol–water partition coefficient (Wildman–Crippen LogP) is 4.78. The molecular weight excluding hydrogens is 319 g/mol. The monoisotopic (exact) mass is 329 g/mol. The molecule has 0 aliphatic heterocycles. The number of pyridine rings is 1. The van der Waals surface area contributed by atoms with E-state index in [1.54, 1.807) is 0 Å². The van der Waals surface area contributed by atoms with Gasteiger partial charge in [-0.15, -0.1) is 0 Å². The summed E-state index contributed by atoms with van der Waals surface area (Å²) in [6, 6.07) is 11.7. The number of alkyl halides is 4. The first kappa shape index (κ1) is 14.1. The van der Waals surface area contributed by atoms with Crippen molar-refractivity contribution in [3.8, 4) is 0 Å². The van der Waals surface area contributed by atoms with Crippen LogP contribution in [0.25, 0.3) is 0 Å². The van der Waals surface area contributed by atoms with E-state index in [0.29, 0.717) is 0 Å². The molecule has 0 radical (unpaired) electrons. The standard InChI is InChI=1S/C14H11BrF3N/c15-12(10-5-2-1-3-6-10)9-13-11(14(16,17)18)7-4-8-19-13/h1-8,12H,9H2. The van der Waals surface area contributed by atoms with Crippen molar-refractivity contribution in [2.75, 3.05) is 0 Å². The van der Waals surface area contributed by atoms with Crippen LogP contribution in [-0.4, -0.2) is 4.98 Å². The highest BCUT2D eigenvalue weighted by molar-refractivity contribution is 9.09. The van der Waals surface area contributed by atoms with E-state index in [0.717, 1.165) is 11.6 Å². The molecule has 1 nitrogen and oxygen atoms in total. The van der Waals surface area contributed by atoms with Crippen molar-refractivity contribution in [3.05, 3.63) is 65.5 Å². The van der Waals surface area contributed by atoms with Crippen LogP contribution in [-0.2, 0) is 12.6 Å². The second-order valence-corrected chi connectivity index (χ2v) is 5.18. The van der Waals surface area contributed by atoms with Crippen LogP contribution in [0.2, 0.25) is 0 Å². The molecule has 0 aliphatic rings. The first-order chi connectivity index (χ1) is 8.98. The van der Waals surface area contributed by atoms with Gasteiger partial charge in [0, 0.05) is 17.4 Å². The van der Waals surface area contributed by atoms with E-state index in [4.69, 9.17) is 0 Å². The topological polar surface area (TPSA) is 12.9 Å². The first-order valence-electron chi connectivity index (χ1n) is 5.68. The van der Waals surface area contributed by atoms with Gasteiger partial charge in [0.15, 0.2) is 0 Å². The highest BCUT2D eigenvalue weighted by Gasteiger charge is 2.34. The summed E-state index contributed by atoms with van der Waals surface area (Å²) in [4.78, 5) is 3.67. The van der Waals surface area contributed by atoms with Crippen molar-refractivity contribution in [1.82, 2.24) is 4.98 Å². The van der Waals surface area contributed by atoms with E-state index >= 15 is 0 Å². The van der Waals surface area contributed by atoms with Crippen molar-refractivity contribution in [3.63, 3.8) is 0 Å². The maximum Gasteiger partial charge on any atom is 0.418 e. The van der Waals surface area contributed by atoms with Crippen molar-refractivity contribution >= 4 is 15.9 Å². The smallest absolute Gasteiger partial charge is 0.261 e. The second-order valence-electron chi connectivity index (χ2n) is 4.08. The van der Waals surface area contributed by atoms with Crippen LogP contribution in [0.15, 0.2) is 48.7 Å². The van der Waals surface area contributed by atoms with E-state index in [1.165, 1.54) is 12.3 Å². The van der Waals surface area contributed by atoms with Crippen LogP contribution in [0.4, 0.5) is 13.2 Å². The molecular formula is C14H11BrF3N. The molecule has 0 aliphatic carbocycles. The average Bonchev–Trinajstić information content (AvgIpc) is 2.39. The Bertz CT molecular complexity index is 540. The third-order valence-electron chi connectivity index (χ3n) is 2.73. The molecule has 100 valence electrons. The van der Waals surface area contributed by atoms with E-state index in [-0.39, 0.29) is 16.9 Å². The third kappa shape index (κ3) is 3.56. The van der Waals surface area contributed by atoms with Crippen LogP contribution < -0.4 is 0 Å². The Morgan fingerprint density at radius 3 is 2.37 bits per heavy atom. The number of rotatable bonds is 3. The summed E-state index contributed by atoms with van der Waals surface area (Å²) >= 11 is 3.42. The van der Waals surface area contributed by atoms with Crippen molar-refractivity contribution in [2.24, 2.45) is 0 Å². The van der Waals surface area contributed by atoms with Gasteiger partial charge in [0.05, 0.1) is 11.3 Å². The van der Waals surface area contributed by atoms with Crippen LogP contribution >= 0.6 is 15.9 Å². The molecule has 1 unspecified atom stereocenters. The molecule has 1 aromatic carbocycles. The Kier molecular flexibility index (Phi) is 4.24. The Hall–Kier alpha value is -1.36. The lowest BCUT2D eigenvalue weighted by Gasteiger charge is -2.14. The zero-order chi connectivity index (χ0) is 13.9. The molecule has 0 fully saturated rings. The Labute approximate surface area is 117 Å². The van der Waals surface area contributed by atoms with E-state index < -0.39 is 11.7 Å². The molecule has 0 bridgehead atoms. The highest BCUT2D eigenvalue weighted by Crippen LogP contribution is 2.34. The average molecular weight is 330 g/mol. The molecule has 2 rings (SSSR count). The molecule has 5 heteroatoms. The molecule has 0 spiro atoms. The highest BCUT2D eigenvalue weighted by atomic mass is 79.9. The van der Waals surface area contributed by atoms with Gasteiger partial charge < -0.3 is 0 Å². The molecule has 19 heavy (non-hydrogen) atoms. The van der Waals surface area contributed by atoms with Gasteiger partial charge in [0.25, 0.3) is 0 Å². The fourth-order valence-electron chi connectivity index (χ4n) is 1.81. The Balaban J connectivity index is 2.25. The maximum absolute atomic E-state index is 12.8. The van der Waals surface area contributed by atoms with Gasteiger partial charge in [-0.3, -0.25) is 4.98 Å². The lowest BCUT2D eigenvalue weighted by atomic mass is 10.0. The summed E-state index contributed by atoms with van der Waals surface area (Å²) < 4.78 is 38.5. The summed E-state index contributed by atoms with van der Waals surface area (Å²) in [7, 11) is 0. The van der Waals surface area contributed by atoms with Gasteiger partial charge in [0.2, 0.25) is 0 Å². The van der Waals surface area contributed by atoms with Crippen LogP contribution in [0, 0.1) is 0 Å². The van der Waals surface area contributed by atoms with Crippen molar-refractivity contribution in [1.29, 1.82) is 0 Å². The summed E-state index contributed by atoms with van der Waals surface area (Å²) in [5.74, 6) is 0. The van der Waals surface area contributed by atoms with Gasteiger partial charge in [-0.2, -0.15) is 13.2 Å². The zero-order valence-electron chi connectivity index (χ0n) is 9.86. The Morgan fingerprint density at radius 1 is 1.05 bits per heavy atom. The van der Waals surface area contributed by atoms with E-state index in [2.05, 4.69) is 20.9 Å². The van der Waals surface area contributed by atoms with Gasteiger partial charge in [-0.1, -0.05) is 46.3 Å². The summed E-state index contributed by atoms with van der Waals surface area (Å²) in [6.45, 7) is 0. The lowest BCUT2D eigenvalue weighted by Crippen LogP contribution is -2.12. The minimum absolute atomic E-state index is 0.0562. The first-order valence-corrected chi connectivity index (χ1v) is 6.60.